The van der Waals surface area contributed by atoms with Gasteiger partial charge in [0.15, 0.2) is 0 Å². The summed E-state index contributed by atoms with van der Waals surface area (Å²) in [4.78, 5) is 2.11. The normalized spacial score (nSPS) is 39.0. The Morgan fingerprint density at radius 1 is 1.36 bits per heavy atom. The lowest BCUT2D eigenvalue weighted by atomic mass is 9.94. The van der Waals surface area contributed by atoms with E-state index in [-0.39, 0.29) is 11.8 Å². The molecule has 0 amide bonds. The van der Waals surface area contributed by atoms with Crippen molar-refractivity contribution in [3.05, 3.63) is 0 Å². The Labute approximate surface area is 81.5 Å². The van der Waals surface area contributed by atoms with E-state index in [0.29, 0.717) is 13.1 Å². The zero-order valence-corrected chi connectivity index (χ0v) is 8.14. The van der Waals surface area contributed by atoms with Crippen LogP contribution >= 0.6 is 0 Å². The molecule has 5 heteroatoms. The van der Waals surface area contributed by atoms with Gasteiger partial charge < -0.3 is 10.2 Å². The smallest absolute Gasteiger partial charge is 0.306 e. The number of nitrogens with zero attached hydrogens (tertiary/aromatic N) is 1. The molecule has 0 aromatic rings. The third-order valence-electron chi connectivity index (χ3n) is 3.40. The number of halogens is 3. The summed E-state index contributed by atoms with van der Waals surface area (Å²) in [6.45, 7) is 4.79. The molecule has 2 aliphatic rings. The lowest BCUT2D eigenvalue weighted by Crippen LogP contribution is -2.43. The molecule has 3 atom stereocenters. The fourth-order valence-electron chi connectivity index (χ4n) is 2.63. The van der Waals surface area contributed by atoms with Gasteiger partial charge in [0.05, 0.1) is 0 Å². The van der Waals surface area contributed by atoms with E-state index in [1.807, 2.05) is 6.92 Å². The monoisotopic (exact) mass is 208 g/mol. The molecule has 2 nitrogen and oxygen atoms in total. The van der Waals surface area contributed by atoms with Crippen LogP contribution < -0.4 is 5.32 Å². The van der Waals surface area contributed by atoms with Crippen LogP contribution in [0, 0.1) is 11.8 Å². The van der Waals surface area contributed by atoms with Crippen LogP contribution in [0.2, 0.25) is 0 Å². The van der Waals surface area contributed by atoms with E-state index in [9.17, 15) is 13.2 Å². The molecule has 14 heavy (non-hydrogen) atoms. The van der Waals surface area contributed by atoms with Gasteiger partial charge in [-0.05, 0) is 12.5 Å². The van der Waals surface area contributed by atoms with Gasteiger partial charge in [0.25, 0.3) is 0 Å². The lowest BCUT2D eigenvalue weighted by molar-refractivity contribution is -0.161. The molecule has 1 N–H and O–H groups in total. The summed E-state index contributed by atoms with van der Waals surface area (Å²) in [5.74, 6) is -0.0310. The molecule has 0 aliphatic carbocycles. The Morgan fingerprint density at radius 2 is 2.07 bits per heavy atom. The van der Waals surface area contributed by atoms with Gasteiger partial charge >= 0.3 is 6.18 Å². The average Bonchev–Trinajstić information content (AvgIpc) is 2.57. The molecule has 0 spiro atoms. The largest absolute Gasteiger partial charge is 0.404 e. The lowest BCUT2D eigenvalue weighted by Gasteiger charge is -2.22. The molecule has 0 unspecified atom stereocenters. The summed E-state index contributed by atoms with van der Waals surface area (Å²) in [6, 6.07) is -1.27. The molecule has 0 bridgehead atoms. The Bertz CT molecular complexity index is 217. The topological polar surface area (TPSA) is 15.3 Å². The zero-order chi connectivity index (χ0) is 10.3. The van der Waals surface area contributed by atoms with Gasteiger partial charge in [0.1, 0.15) is 6.04 Å². The molecule has 0 aromatic carbocycles. The van der Waals surface area contributed by atoms with E-state index in [0.717, 1.165) is 13.1 Å². The molecular formula is C9H15F3N2. The summed E-state index contributed by atoms with van der Waals surface area (Å²) in [5.41, 5.74) is 0. The Balaban J connectivity index is 2.05. The molecule has 2 heterocycles. The highest BCUT2D eigenvalue weighted by Gasteiger charge is 2.53. The van der Waals surface area contributed by atoms with Crippen molar-refractivity contribution in [1.29, 1.82) is 0 Å². The average molecular weight is 208 g/mol. The molecule has 0 aromatic heterocycles. The van der Waals surface area contributed by atoms with Crippen molar-refractivity contribution in [1.82, 2.24) is 10.2 Å². The van der Waals surface area contributed by atoms with Crippen LogP contribution in [0.25, 0.3) is 0 Å². The number of nitrogens with one attached hydrogen (secondary N) is 1. The highest BCUT2D eigenvalue weighted by molar-refractivity contribution is 5.00. The van der Waals surface area contributed by atoms with Crippen molar-refractivity contribution in [3.8, 4) is 0 Å². The van der Waals surface area contributed by atoms with E-state index >= 15 is 0 Å². The van der Waals surface area contributed by atoms with Crippen LogP contribution in [-0.2, 0) is 0 Å². The molecule has 0 radical (unpaired) electrons. The molecule has 2 rings (SSSR count). The molecule has 2 saturated heterocycles. The van der Waals surface area contributed by atoms with Crippen LogP contribution in [0.15, 0.2) is 0 Å². The van der Waals surface area contributed by atoms with E-state index < -0.39 is 12.2 Å². The highest BCUT2D eigenvalue weighted by atomic mass is 19.4. The number of hydrogen-bond donors (Lipinski definition) is 1. The second kappa shape index (κ2) is 3.38. The third-order valence-corrected chi connectivity index (χ3v) is 3.40. The van der Waals surface area contributed by atoms with Gasteiger partial charge in [0, 0.05) is 25.6 Å². The van der Waals surface area contributed by atoms with Crippen LogP contribution in [0.3, 0.4) is 0 Å². The number of fused-ring (bicyclic) bond motifs is 1. The Kier molecular flexibility index (Phi) is 2.47. The molecule has 2 fully saturated rings. The second-order valence-corrected chi connectivity index (χ2v) is 4.20. The number of alkyl halides is 3. The Morgan fingerprint density at radius 3 is 2.64 bits per heavy atom. The van der Waals surface area contributed by atoms with Gasteiger partial charge in [-0.25, -0.2) is 0 Å². The van der Waals surface area contributed by atoms with Gasteiger partial charge in [-0.1, -0.05) is 6.92 Å². The molecule has 2 aliphatic heterocycles. The number of rotatable bonds is 1. The predicted molar refractivity (Wildman–Crippen MR) is 46.9 cm³/mol. The molecular weight excluding hydrogens is 193 g/mol. The summed E-state index contributed by atoms with van der Waals surface area (Å²) < 4.78 is 37.6. The van der Waals surface area contributed by atoms with E-state index in [1.54, 1.807) is 0 Å². The first kappa shape index (κ1) is 10.2. The standard InChI is InChI=1S/C9H15F3N2/c1-2-14-4-6-3-13-8(7(6)5-14)9(10,11)12/h6-8,13H,2-5H2,1H3/t6-,7-,8-/m0/s1. The quantitative estimate of drug-likeness (QED) is 0.694. The first-order valence-corrected chi connectivity index (χ1v) is 5.05. The van der Waals surface area contributed by atoms with E-state index in [1.165, 1.54) is 0 Å². The first-order valence-electron chi connectivity index (χ1n) is 5.05. The highest BCUT2D eigenvalue weighted by Crippen LogP contribution is 2.38. The second-order valence-electron chi connectivity index (χ2n) is 4.20. The summed E-state index contributed by atoms with van der Waals surface area (Å²) >= 11 is 0. The maximum atomic E-state index is 12.5. The van der Waals surface area contributed by atoms with Crippen molar-refractivity contribution in [3.63, 3.8) is 0 Å². The number of hydrogen-bond acceptors (Lipinski definition) is 2. The van der Waals surface area contributed by atoms with E-state index in [2.05, 4.69) is 10.2 Å². The minimum Gasteiger partial charge on any atom is -0.306 e. The number of likely N-dealkylation sites (tertiary alicyclic amines) is 1. The SMILES string of the molecule is CCN1C[C@@H]2CN[C@H](C(F)(F)F)[C@H]2C1. The van der Waals surface area contributed by atoms with Gasteiger partial charge in [0.2, 0.25) is 0 Å². The fraction of sp³-hybridized carbons (Fsp3) is 1.00. The Hall–Kier alpha value is -0.290. The molecule has 82 valence electrons. The van der Waals surface area contributed by atoms with Crippen molar-refractivity contribution in [2.45, 2.75) is 19.1 Å². The fourth-order valence-corrected chi connectivity index (χ4v) is 2.63. The van der Waals surface area contributed by atoms with Gasteiger partial charge in [-0.2, -0.15) is 13.2 Å². The van der Waals surface area contributed by atoms with Crippen molar-refractivity contribution in [2.75, 3.05) is 26.2 Å². The predicted octanol–water partition coefficient (Wildman–Crippen LogP) is 1.09. The summed E-state index contributed by atoms with van der Waals surface area (Å²) in [7, 11) is 0. The molecule has 0 saturated carbocycles. The third kappa shape index (κ3) is 1.63. The van der Waals surface area contributed by atoms with Crippen molar-refractivity contribution < 1.29 is 13.2 Å². The van der Waals surface area contributed by atoms with Crippen molar-refractivity contribution >= 4 is 0 Å². The minimum absolute atomic E-state index is 0.196. The van der Waals surface area contributed by atoms with E-state index in [4.69, 9.17) is 0 Å². The maximum Gasteiger partial charge on any atom is 0.404 e. The van der Waals surface area contributed by atoms with Crippen LogP contribution in [0.4, 0.5) is 13.2 Å². The van der Waals surface area contributed by atoms with Crippen LogP contribution in [0.1, 0.15) is 6.92 Å². The zero-order valence-electron chi connectivity index (χ0n) is 8.14. The first-order chi connectivity index (χ1) is 6.52. The van der Waals surface area contributed by atoms with Gasteiger partial charge in [-0.3, -0.25) is 0 Å². The van der Waals surface area contributed by atoms with Crippen LogP contribution in [0.5, 0.6) is 0 Å². The maximum absolute atomic E-state index is 12.5. The van der Waals surface area contributed by atoms with Crippen LogP contribution in [-0.4, -0.2) is 43.3 Å². The minimum atomic E-state index is -4.08. The van der Waals surface area contributed by atoms with Crippen molar-refractivity contribution in [2.24, 2.45) is 11.8 Å². The summed E-state index contributed by atoms with van der Waals surface area (Å²) in [6.07, 6.45) is -4.08. The summed E-state index contributed by atoms with van der Waals surface area (Å²) in [5, 5.41) is 2.59. The van der Waals surface area contributed by atoms with Gasteiger partial charge in [-0.15, -0.1) is 0 Å².